The topological polar surface area (TPSA) is 104 Å². The first-order valence-electron chi connectivity index (χ1n) is 8.54. The fourth-order valence-electron chi connectivity index (χ4n) is 3.06. The van der Waals surface area contributed by atoms with E-state index in [4.69, 9.17) is 0 Å². The Hall–Kier alpha value is -3.27. The van der Waals surface area contributed by atoms with Gasteiger partial charge in [-0.25, -0.2) is 14.8 Å². The number of aromatic nitrogens is 5. The first-order chi connectivity index (χ1) is 13.3. The van der Waals surface area contributed by atoms with E-state index >= 15 is 0 Å². The molecule has 0 unspecified atom stereocenters. The van der Waals surface area contributed by atoms with E-state index in [0.29, 0.717) is 5.13 Å². The molecule has 0 saturated carbocycles. The molecule has 0 aliphatic rings. The fraction of sp³-hybridized carbons (Fsp3) is 0.278. The van der Waals surface area contributed by atoms with E-state index in [-0.39, 0.29) is 23.6 Å². The number of amides is 1. The van der Waals surface area contributed by atoms with E-state index in [1.54, 1.807) is 0 Å². The maximum atomic E-state index is 12.5. The van der Waals surface area contributed by atoms with Gasteiger partial charge in [0.25, 0.3) is 5.56 Å². The lowest BCUT2D eigenvalue weighted by atomic mass is 10.1. The maximum Gasteiger partial charge on any atom is 0.332 e. The van der Waals surface area contributed by atoms with Crippen LogP contribution < -0.4 is 16.6 Å². The smallest absolute Gasteiger partial charge is 0.315 e. The molecule has 1 aromatic carbocycles. The number of nitrogens with zero attached hydrogens (tertiary/aromatic N) is 5. The van der Waals surface area contributed by atoms with Crippen molar-refractivity contribution in [2.45, 2.75) is 20.4 Å². The van der Waals surface area contributed by atoms with Crippen LogP contribution >= 0.6 is 11.3 Å². The van der Waals surface area contributed by atoms with E-state index in [2.05, 4.69) is 15.3 Å². The highest BCUT2D eigenvalue weighted by molar-refractivity contribution is 7.22. The van der Waals surface area contributed by atoms with Crippen molar-refractivity contribution in [1.82, 2.24) is 23.7 Å². The molecule has 9 nitrogen and oxygen atoms in total. The summed E-state index contributed by atoms with van der Waals surface area (Å²) in [6.07, 6.45) is 1.39. The molecule has 10 heteroatoms. The SMILES string of the molecule is Cc1cc2nc(NC(=O)Cn3cnc4c3c(=O)n(C)c(=O)n4C)sc2cc1C. The molecule has 0 spiro atoms. The van der Waals surface area contributed by atoms with E-state index in [1.165, 1.54) is 46.5 Å². The number of thiazole rings is 1. The second kappa shape index (κ2) is 6.41. The molecule has 144 valence electrons. The molecule has 0 aliphatic carbocycles. The monoisotopic (exact) mass is 398 g/mol. The third-order valence-electron chi connectivity index (χ3n) is 4.78. The van der Waals surface area contributed by atoms with Crippen molar-refractivity contribution in [1.29, 1.82) is 0 Å². The van der Waals surface area contributed by atoms with Gasteiger partial charge in [-0.1, -0.05) is 11.3 Å². The fourth-order valence-corrected chi connectivity index (χ4v) is 4.03. The van der Waals surface area contributed by atoms with Gasteiger partial charge in [0.2, 0.25) is 5.91 Å². The largest absolute Gasteiger partial charge is 0.332 e. The number of fused-ring (bicyclic) bond motifs is 2. The van der Waals surface area contributed by atoms with Gasteiger partial charge < -0.3 is 9.88 Å². The Balaban J connectivity index is 1.64. The van der Waals surface area contributed by atoms with Crippen molar-refractivity contribution in [3.8, 4) is 0 Å². The number of benzene rings is 1. The van der Waals surface area contributed by atoms with Crippen LogP contribution in [0.2, 0.25) is 0 Å². The predicted molar refractivity (Wildman–Crippen MR) is 108 cm³/mol. The highest BCUT2D eigenvalue weighted by Crippen LogP contribution is 2.28. The molecule has 3 aromatic heterocycles. The van der Waals surface area contributed by atoms with Crippen molar-refractivity contribution < 1.29 is 4.79 Å². The molecule has 28 heavy (non-hydrogen) atoms. The summed E-state index contributed by atoms with van der Waals surface area (Å²) < 4.78 is 4.71. The van der Waals surface area contributed by atoms with Crippen molar-refractivity contribution in [3.63, 3.8) is 0 Å². The summed E-state index contributed by atoms with van der Waals surface area (Å²) in [6.45, 7) is 3.94. The number of carbonyl (C=O) groups excluding carboxylic acids is 1. The lowest BCUT2D eigenvalue weighted by molar-refractivity contribution is -0.116. The van der Waals surface area contributed by atoms with Crippen LogP contribution in [0.5, 0.6) is 0 Å². The van der Waals surface area contributed by atoms with Crippen LogP contribution in [0.1, 0.15) is 11.1 Å². The Bertz CT molecular complexity index is 1340. The normalized spacial score (nSPS) is 11.4. The number of hydrogen-bond acceptors (Lipinski definition) is 6. The molecule has 0 fully saturated rings. The summed E-state index contributed by atoms with van der Waals surface area (Å²) in [4.78, 5) is 45.5. The van der Waals surface area contributed by atoms with Crippen LogP contribution in [0.4, 0.5) is 5.13 Å². The molecule has 0 radical (unpaired) electrons. The summed E-state index contributed by atoms with van der Waals surface area (Å²) in [7, 11) is 2.93. The van der Waals surface area contributed by atoms with Crippen molar-refractivity contribution >= 4 is 43.8 Å². The molecule has 4 rings (SSSR count). The minimum absolute atomic E-state index is 0.113. The third-order valence-corrected chi connectivity index (χ3v) is 5.72. The van der Waals surface area contributed by atoms with Gasteiger partial charge in [0.05, 0.1) is 16.5 Å². The van der Waals surface area contributed by atoms with Gasteiger partial charge >= 0.3 is 5.69 Å². The van der Waals surface area contributed by atoms with Gasteiger partial charge in [-0.05, 0) is 37.1 Å². The molecule has 3 heterocycles. The molecule has 1 amide bonds. The predicted octanol–water partition coefficient (Wildman–Crippen LogP) is 1.30. The molecular weight excluding hydrogens is 380 g/mol. The average molecular weight is 398 g/mol. The standard InChI is InChI=1S/C18H18N6O3S/c1-9-5-11-12(6-10(9)2)28-17(20-11)21-13(25)7-24-8-19-15-14(24)16(26)23(4)18(27)22(15)3/h5-6,8H,7H2,1-4H3,(H,20,21,25). The van der Waals surface area contributed by atoms with Gasteiger partial charge in [0, 0.05) is 14.1 Å². The lowest BCUT2D eigenvalue weighted by Crippen LogP contribution is -2.37. The number of nitrogens with one attached hydrogen (secondary N) is 1. The molecule has 0 saturated heterocycles. The maximum absolute atomic E-state index is 12.5. The van der Waals surface area contributed by atoms with E-state index in [0.717, 1.165) is 20.3 Å². The van der Waals surface area contributed by atoms with Crippen molar-refractivity contribution in [2.75, 3.05) is 5.32 Å². The Morgan fingerprint density at radius 1 is 1.14 bits per heavy atom. The van der Waals surface area contributed by atoms with Crippen LogP contribution in [0.25, 0.3) is 21.4 Å². The van der Waals surface area contributed by atoms with E-state index in [1.807, 2.05) is 26.0 Å². The molecule has 0 aliphatic heterocycles. The lowest BCUT2D eigenvalue weighted by Gasteiger charge is -2.06. The number of imidazole rings is 1. The van der Waals surface area contributed by atoms with Crippen LogP contribution in [0.3, 0.4) is 0 Å². The molecular formula is C18H18N6O3S. The van der Waals surface area contributed by atoms with Crippen LogP contribution in [0.15, 0.2) is 28.0 Å². The number of rotatable bonds is 3. The first-order valence-corrected chi connectivity index (χ1v) is 9.36. The third kappa shape index (κ3) is 2.82. The van der Waals surface area contributed by atoms with Crippen LogP contribution in [-0.2, 0) is 25.4 Å². The van der Waals surface area contributed by atoms with Gasteiger partial charge in [0.1, 0.15) is 6.54 Å². The van der Waals surface area contributed by atoms with E-state index in [9.17, 15) is 14.4 Å². The molecule has 1 N–H and O–H groups in total. The number of carbonyl (C=O) groups is 1. The van der Waals surface area contributed by atoms with Gasteiger partial charge in [-0.15, -0.1) is 0 Å². The van der Waals surface area contributed by atoms with Crippen LogP contribution in [0, 0.1) is 13.8 Å². The Labute approximate surface area is 162 Å². The molecule has 0 atom stereocenters. The first kappa shape index (κ1) is 18.1. The summed E-state index contributed by atoms with van der Waals surface area (Å²) in [6, 6.07) is 4.04. The Kier molecular flexibility index (Phi) is 4.15. The van der Waals surface area contributed by atoms with Gasteiger partial charge in [-0.2, -0.15) is 0 Å². The Morgan fingerprint density at radius 3 is 2.61 bits per heavy atom. The number of hydrogen-bond donors (Lipinski definition) is 1. The highest BCUT2D eigenvalue weighted by Gasteiger charge is 2.16. The second-order valence-corrected chi connectivity index (χ2v) is 7.75. The van der Waals surface area contributed by atoms with Gasteiger partial charge in [-0.3, -0.25) is 18.7 Å². The van der Waals surface area contributed by atoms with E-state index < -0.39 is 11.2 Å². The van der Waals surface area contributed by atoms with Crippen LogP contribution in [-0.4, -0.2) is 29.6 Å². The Morgan fingerprint density at radius 2 is 1.86 bits per heavy atom. The zero-order valence-corrected chi connectivity index (χ0v) is 16.6. The zero-order chi connectivity index (χ0) is 20.2. The molecule has 4 aromatic rings. The second-order valence-electron chi connectivity index (χ2n) is 6.72. The number of aryl methyl sites for hydroxylation is 3. The molecule has 0 bridgehead atoms. The van der Waals surface area contributed by atoms with Crippen molar-refractivity contribution in [3.05, 3.63) is 50.4 Å². The minimum atomic E-state index is -0.491. The number of anilines is 1. The minimum Gasteiger partial charge on any atom is -0.315 e. The zero-order valence-electron chi connectivity index (χ0n) is 15.8. The summed E-state index contributed by atoms with van der Waals surface area (Å²) in [5.74, 6) is -0.331. The highest BCUT2D eigenvalue weighted by atomic mass is 32.1. The summed E-state index contributed by atoms with van der Waals surface area (Å²) in [5, 5.41) is 3.27. The average Bonchev–Trinajstić information content (AvgIpc) is 3.22. The van der Waals surface area contributed by atoms with Gasteiger partial charge in [0.15, 0.2) is 16.3 Å². The summed E-state index contributed by atoms with van der Waals surface area (Å²) >= 11 is 1.40. The van der Waals surface area contributed by atoms with Crippen molar-refractivity contribution in [2.24, 2.45) is 14.1 Å². The summed E-state index contributed by atoms with van der Waals surface area (Å²) in [5.41, 5.74) is 2.63. The quantitative estimate of drug-likeness (QED) is 0.560.